The Balaban J connectivity index is 2.99. The molecule has 9 heteroatoms. The van der Waals surface area contributed by atoms with Gasteiger partial charge in [-0.2, -0.15) is 0 Å². The highest BCUT2D eigenvalue weighted by molar-refractivity contribution is 5.86. The number of hydrogen-bond donors (Lipinski definition) is 0. The molecular formula is C24H44N2O7. The highest BCUT2D eigenvalue weighted by Crippen LogP contribution is 2.20. The Kier molecular flexibility index (Phi) is 15.5. The summed E-state index contributed by atoms with van der Waals surface area (Å²) >= 11 is 0. The molecule has 1 fully saturated rings. The Labute approximate surface area is 199 Å². The average Bonchev–Trinajstić information content (AvgIpc) is 2.81. The predicted octanol–water partition coefficient (Wildman–Crippen LogP) is 4.09. The predicted molar refractivity (Wildman–Crippen MR) is 124 cm³/mol. The molecule has 0 N–H and O–H groups in total. The molecule has 1 saturated heterocycles. The van der Waals surface area contributed by atoms with Crippen LogP contribution < -0.4 is 0 Å². The number of esters is 2. The van der Waals surface area contributed by atoms with E-state index in [0.29, 0.717) is 32.7 Å². The zero-order valence-corrected chi connectivity index (χ0v) is 21.0. The molecule has 0 radical (unpaired) electrons. The molecule has 2 amide bonds. The molecule has 0 saturated carbocycles. The zero-order chi connectivity index (χ0) is 24.5. The van der Waals surface area contributed by atoms with Crippen LogP contribution in [0.3, 0.4) is 0 Å². The molecule has 0 aliphatic carbocycles. The van der Waals surface area contributed by atoms with E-state index >= 15 is 0 Å². The topological polar surface area (TPSA) is 94.6 Å². The maximum atomic E-state index is 13.4. The number of urea groups is 1. The Morgan fingerprint density at radius 2 is 1.06 bits per heavy atom. The van der Waals surface area contributed by atoms with Crippen LogP contribution in [-0.4, -0.2) is 79.7 Å². The molecule has 1 heterocycles. The molecule has 2 atom stereocenters. The van der Waals surface area contributed by atoms with Gasteiger partial charge in [-0.1, -0.05) is 53.4 Å². The first-order chi connectivity index (χ1) is 16.0. The van der Waals surface area contributed by atoms with Crippen LogP contribution in [-0.2, 0) is 28.5 Å². The maximum absolute atomic E-state index is 13.4. The molecule has 1 aliphatic rings. The largest absolute Gasteiger partial charge is 0.462 e. The lowest BCUT2D eigenvalue weighted by Gasteiger charge is -2.41. The molecule has 33 heavy (non-hydrogen) atoms. The van der Waals surface area contributed by atoms with Gasteiger partial charge in [-0.15, -0.1) is 0 Å². The highest BCUT2D eigenvalue weighted by atomic mass is 16.6. The number of nitrogens with zero attached hydrogens (tertiary/aromatic N) is 2. The van der Waals surface area contributed by atoms with Crippen LogP contribution in [0, 0.1) is 0 Å². The van der Waals surface area contributed by atoms with Gasteiger partial charge in [0.2, 0.25) is 12.5 Å². The summed E-state index contributed by atoms with van der Waals surface area (Å²) in [6, 6.07) is -0.482. The minimum Gasteiger partial charge on any atom is -0.462 e. The number of ether oxygens (including phenoxy) is 4. The van der Waals surface area contributed by atoms with Crippen molar-refractivity contribution in [3.05, 3.63) is 0 Å². The van der Waals surface area contributed by atoms with Crippen molar-refractivity contribution in [2.75, 3.05) is 39.5 Å². The third kappa shape index (κ3) is 10.3. The molecule has 2 unspecified atom stereocenters. The van der Waals surface area contributed by atoms with Gasteiger partial charge in [0.1, 0.15) is 0 Å². The lowest BCUT2D eigenvalue weighted by molar-refractivity contribution is -0.177. The van der Waals surface area contributed by atoms with Gasteiger partial charge in [0.25, 0.3) is 0 Å². The summed E-state index contributed by atoms with van der Waals surface area (Å²) in [5.74, 6) is -1.16. The van der Waals surface area contributed by atoms with Crippen LogP contribution in [0.1, 0.15) is 85.5 Å². The van der Waals surface area contributed by atoms with Gasteiger partial charge < -0.3 is 18.9 Å². The van der Waals surface area contributed by atoms with E-state index in [4.69, 9.17) is 18.9 Å². The molecule has 0 aromatic heterocycles. The van der Waals surface area contributed by atoms with Gasteiger partial charge >= 0.3 is 18.0 Å². The molecule has 192 valence electrons. The standard InChI is InChI=1S/C24H44N2O7/c1-5-9-16-30-20(22(27)32-18-11-7-3)25-14-13-15-26(24(25)29)21(31-17-10-6-2)23(28)33-19-12-8-4/h20-21H,5-19H2,1-4H3. The van der Waals surface area contributed by atoms with Crippen molar-refractivity contribution < 1.29 is 33.3 Å². The van der Waals surface area contributed by atoms with E-state index in [9.17, 15) is 14.4 Å². The number of carbonyl (C=O) groups excluding carboxylic acids is 3. The molecule has 0 aromatic carbocycles. The fourth-order valence-electron chi connectivity index (χ4n) is 3.23. The number of unbranched alkanes of at least 4 members (excludes halogenated alkanes) is 4. The summed E-state index contributed by atoms with van der Waals surface area (Å²) in [5.41, 5.74) is 0. The number of carbonyl (C=O) groups is 3. The minimum atomic E-state index is -1.14. The summed E-state index contributed by atoms with van der Waals surface area (Å²) in [5, 5.41) is 0. The molecule has 0 aromatic rings. The second-order valence-electron chi connectivity index (χ2n) is 8.22. The Morgan fingerprint density at radius 3 is 1.42 bits per heavy atom. The molecular weight excluding hydrogens is 428 g/mol. The van der Waals surface area contributed by atoms with Gasteiger partial charge in [0.05, 0.1) is 13.2 Å². The highest BCUT2D eigenvalue weighted by Gasteiger charge is 2.42. The van der Waals surface area contributed by atoms with Crippen LogP contribution in [0.4, 0.5) is 4.79 Å². The monoisotopic (exact) mass is 472 g/mol. The third-order valence-corrected chi connectivity index (χ3v) is 5.29. The smallest absolute Gasteiger partial charge is 0.356 e. The van der Waals surface area contributed by atoms with Crippen LogP contribution in [0.5, 0.6) is 0 Å². The van der Waals surface area contributed by atoms with Gasteiger partial charge in [0, 0.05) is 26.3 Å². The second-order valence-corrected chi connectivity index (χ2v) is 8.22. The Morgan fingerprint density at radius 1 is 0.697 bits per heavy atom. The van der Waals surface area contributed by atoms with Gasteiger partial charge in [0.15, 0.2) is 0 Å². The van der Waals surface area contributed by atoms with Crippen LogP contribution in [0.25, 0.3) is 0 Å². The van der Waals surface area contributed by atoms with E-state index in [0.717, 1.165) is 51.4 Å². The van der Waals surface area contributed by atoms with Crippen molar-refractivity contribution in [3.63, 3.8) is 0 Å². The van der Waals surface area contributed by atoms with Crippen molar-refractivity contribution in [2.45, 2.75) is 97.9 Å². The van der Waals surface area contributed by atoms with E-state index in [1.165, 1.54) is 9.80 Å². The Hall–Kier alpha value is -1.87. The van der Waals surface area contributed by atoms with E-state index in [1.807, 2.05) is 27.7 Å². The normalized spacial score (nSPS) is 15.9. The third-order valence-electron chi connectivity index (χ3n) is 5.29. The minimum absolute atomic E-state index is 0.279. The van der Waals surface area contributed by atoms with Crippen molar-refractivity contribution in [2.24, 2.45) is 0 Å². The lowest BCUT2D eigenvalue weighted by Crippen LogP contribution is -2.61. The number of amides is 2. The average molecular weight is 473 g/mol. The van der Waals surface area contributed by atoms with Crippen molar-refractivity contribution in [3.8, 4) is 0 Å². The van der Waals surface area contributed by atoms with Gasteiger partial charge in [-0.05, 0) is 32.1 Å². The molecule has 0 bridgehead atoms. The quantitative estimate of drug-likeness (QED) is 0.219. The second kappa shape index (κ2) is 17.6. The maximum Gasteiger partial charge on any atom is 0.356 e. The van der Waals surface area contributed by atoms with E-state index in [1.54, 1.807) is 0 Å². The fourth-order valence-corrected chi connectivity index (χ4v) is 3.23. The van der Waals surface area contributed by atoms with Crippen molar-refractivity contribution in [1.82, 2.24) is 9.80 Å². The van der Waals surface area contributed by atoms with Gasteiger partial charge in [-0.25, -0.2) is 14.4 Å². The molecule has 0 spiro atoms. The van der Waals surface area contributed by atoms with E-state index in [2.05, 4.69) is 0 Å². The summed E-state index contributed by atoms with van der Waals surface area (Å²) in [6.45, 7) is 9.96. The SMILES string of the molecule is CCCCOC(=O)C(OCCCC)N1CCCN(C(OCCCC)C(=O)OCCCC)C1=O. The summed E-state index contributed by atoms with van der Waals surface area (Å²) in [6.07, 6.45) is 4.86. The van der Waals surface area contributed by atoms with Gasteiger partial charge in [-0.3, -0.25) is 9.80 Å². The van der Waals surface area contributed by atoms with Crippen LogP contribution >= 0.6 is 0 Å². The lowest BCUT2D eigenvalue weighted by atomic mass is 10.2. The van der Waals surface area contributed by atoms with E-state index < -0.39 is 30.4 Å². The molecule has 9 nitrogen and oxygen atoms in total. The fraction of sp³-hybridized carbons (Fsp3) is 0.875. The van der Waals surface area contributed by atoms with Crippen molar-refractivity contribution >= 4 is 18.0 Å². The van der Waals surface area contributed by atoms with Crippen LogP contribution in [0.2, 0.25) is 0 Å². The first kappa shape index (κ1) is 29.2. The molecule has 1 aliphatic heterocycles. The van der Waals surface area contributed by atoms with E-state index in [-0.39, 0.29) is 13.2 Å². The summed E-state index contributed by atoms with van der Waals surface area (Å²) in [7, 11) is 0. The van der Waals surface area contributed by atoms with Crippen molar-refractivity contribution in [1.29, 1.82) is 0 Å². The first-order valence-corrected chi connectivity index (χ1v) is 12.6. The summed E-state index contributed by atoms with van der Waals surface area (Å²) < 4.78 is 22.3. The number of rotatable bonds is 18. The number of hydrogen-bond acceptors (Lipinski definition) is 7. The zero-order valence-electron chi connectivity index (χ0n) is 21.0. The van der Waals surface area contributed by atoms with Crippen LogP contribution in [0.15, 0.2) is 0 Å². The molecule has 1 rings (SSSR count). The summed E-state index contributed by atoms with van der Waals surface area (Å²) in [4.78, 5) is 41.7. The Bertz CT molecular complexity index is 527. The first-order valence-electron chi connectivity index (χ1n) is 12.6.